The summed E-state index contributed by atoms with van der Waals surface area (Å²) in [4.78, 5) is 12.2. The molecule has 1 N–H and O–H groups in total. The lowest BCUT2D eigenvalue weighted by molar-refractivity contribution is -0.120. The maximum atomic E-state index is 12.6. The van der Waals surface area contributed by atoms with Gasteiger partial charge in [-0.3, -0.25) is 4.79 Å². The topological polar surface area (TPSA) is 63.2 Å². The number of hydrogen-bond acceptors (Lipinski definition) is 3. The van der Waals surface area contributed by atoms with E-state index in [1.807, 2.05) is 54.6 Å². The highest BCUT2D eigenvalue weighted by Gasteiger charge is 2.28. The average molecular weight is 374 g/mol. The number of benzene rings is 2. The van der Waals surface area contributed by atoms with Crippen molar-refractivity contribution in [1.82, 2.24) is 5.32 Å². The van der Waals surface area contributed by atoms with Crippen LogP contribution in [0.3, 0.4) is 0 Å². The van der Waals surface area contributed by atoms with E-state index in [1.54, 1.807) is 0 Å². The van der Waals surface area contributed by atoms with Crippen LogP contribution in [0.5, 0.6) is 0 Å². The van der Waals surface area contributed by atoms with Crippen LogP contribution in [0.1, 0.15) is 44.4 Å². The van der Waals surface area contributed by atoms with Gasteiger partial charge in [0.05, 0.1) is 5.75 Å². The number of hydrogen-bond donors (Lipinski definition) is 1. The van der Waals surface area contributed by atoms with E-state index >= 15 is 0 Å². The number of sulfone groups is 1. The fourth-order valence-electron chi connectivity index (χ4n) is 2.55. The second-order valence-corrected chi connectivity index (χ2v) is 9.92. The molecule has 1 atom stereocenters. The van der Waals surface area contributed by atoms with E-state index in [0.29, 0.717) is 12.1 Å². The number of rotatable bonds is 6. The number of nitrogens with one attached hydrogen (secondary N) is 1. The Kier molecular flexibility index (Phi) is 6.24. The Morgan fingerprint density at radius 3 is 2.08 bits per heavy atom. The number of amides is 1. The van der Waals surface area contributed by atoms with Gasteiger partial charge in [0.25, 0.3) is 0 Å². The molecular formula is C21H27NO3S. The molecule has 0 fully saturated rings. The van der Waals surface area contributed by atoms with Crippen LogP contribution in [0.4, 0.5) is 0 Å². The molecule has 0 aliphatic carbocycles. The first kappa shape index (κ1) is 20.2. The Morgan fingerprint density at radius 1 is 0.962 bits per heavy atom. The highest BCUT2D eigenvalue weighted by atomic mass is 32.2. The zero-order valence-electron chi connectivity index (χ0n) is 15.8. The largest absolute Gasteiger partial charge is 0.351 e. The Morgan fingerprint density at radius 2 is 1.54 bits per heavy atom. The van der Waals surface area contributed by atoms with Crippen molar-refractivity contribution >= 4 is 15.7 Å². The van der Waals surface area contributed by atoms with E-state index < -0.39 is 21.0 Å². The molecule has 0 bridgehead atoms. The first-order valence-electron chi connectivity index (χ1n) is 8.72. The molecule has 0 spiro atoms. The standard InChI is InChI=1S/C21H27NO3S/c1-16(20(23)22-14-17-8-6-5-7-9-17)26(24,25)15-18-10-12-19(13-11-18)21(2,3)4/h5-13,16H,14-15H2,1-4H3,(H,22,23)/t16-/m0/s1. The molecule has 26 heavy (non-hydrogen) atoms. The first-order chi connectivity index (χ1) is 12.1. The summed E-state index contributed by atoms with van der Waals surface area (Å²) in [7, 11) is -3.58. The van der Waals surface area contributed by atoms with Gasteiger partial charge in [-0.2, -0.15) is 0 Å². The maximum Gasteiger partial charge on any atom is 0.238 e. The van der Waals surface area contributed by atoms with Crippen molar-refractivity contribution in [2.75, 3.05) is 0 Å². The van der Waals surface area contributed by atoms with Crippen molar-refractivity contribution in [2.24, 2.45) is 0 Å². The van der Waals surface area contributed by atoms with Gasteiger partial charge in [-0.05, 0) is 29.0 Å². The minimum atomic E-state index is -3.58. The molecule has 2 aromatic carbocycles. The highest BCUT2D eigenvalue weighted by molar-refractivity contribution is 7.92. The molecule has 5 heteroatoms. The molecule has 2 aromatic rings. The fraction of sp³-hybridized carbons (Fsp3) is 0.381. The highest BCUT2D eigenvalue weighted by Crippen LogP contribution is 2.23. The van der Waals surface area contributed by atoms with Crippen LogP contribution >= 0.6 is 0 Å². The molecule has 0 aromatic heterocycles. The second-order valence-electron chi connectivity index (χ2n) is 7.60. The van der Waals surface area contributed by atoms with Crippen LogP contribution in [-0.4, -0.2) is 19.6 Å². The van der Waals surface area contributed by atoms with E-state index in [0.717, 1.165) is 11.1 Å². The van der Waals surface area contributed by atoms with E-state index in [1.165, 1.54) is 6.92 Å². The van der Waals surface area contributed by atoms with Gasteiger partial charge in [0.15, 0.2) is 9.84 Å². The van der Waals surface area contributed by atoms with Crippen molar-refractivity contribution in [3.8, 4) is 0 Å². The Balaban J connectivity index is 2.00. The van der Waals surface area contributed by atoms with Crippen LogP contribution in [0.15, 0.2) is 54.6 Å². The molecule has 0 heterocycles. The summed E-state index contributed by atoms with van der Waals surface area (Å²) in [5, 5.41) is 1.61. The molecule has 140 valence electrons. The molecule has 4 nitrogen and oxygen atoms in total. The van der Waals surface area contributed by atoms with E-state index in [4.69, 9.17) is 0 Å². The predicted octanol–water partition coefficient (Wildman–Crippen LogP) is 3.60. The molecule has 0 aliphatic heterocycles. The van der Waals surface area contributed by atoms with Crippen molar-refractivity contribution in [3.05, 3.63) is 71.3 Å². The maximum absolute atomic E-state index is 12.6. The summed E-state index contributed by atoms with van der Waals surface area (Å²) in [5.41, 5.74) is 2.79. The van der Waals surface area contributed by atoms with Crippen LogP contribution in [0.2, 0.25) is 0 Å². The molecule has 1 amide bonds. The van der Waals surface area contributed by atoms with E-state index in [2.05, 4.69) is 26.1 Å². The minimum absolute atomic E-state index is 0.0159. The van der Waals surface area contributed by atoms with Crippen LogP contribution in [-0.2, 0) is 32.3 Å². The second kappa shape index (κ2) is 8.04. The van der Waals surface area contributed by atoms with Crippen molar-refractivity contribution in [3.63, 3.8) is 0 Å². The third-order valence-corrected chi connectivity index (χ3v) is 6.43. The SMILES string of the molecule is C[C@@H](C(=O)NCc1ccccc1)S(=O)(=O)Cc1ccc(C(C)(C)C)cc1. The number of carbonyl (C=O) groups is 1. The van der Waals surface area contributed by atoms with E-state index in [9.17, 15) is 13.2 Å². The fourth-order valence-corrected chi connectivity index (χ4v) is 3.87. The summed E-state index contributed by atoms with van der Waals surface area (Å²) < 4.78 is 25.1. The normalized spacial score (nSPS) is 13.2. The summed E-state index contributed by atoms with van der Waals surface area (Å²) in [6.45, 7) is 8.09. The molecule has 0 saturated heterocycles. The van der Waals surface area contributed by atoms with Gasteiger partial charge < -0.3 is 5.32 Å². The first-order valence-corrected chi connectivity index (χ1v) is 10.4. The number of carbonyl (C=O) groups excluding carboxylic acids is 1. The van der Waals surface area contributed by atoms with Gasteiger partial charge in [0, 0.05) is 6.54 Å². The Bertz CT molecular complexity index is 835. The van der Waals surface area contributed by atoms with Gasteiger partial charge in [-0.25, -0.2) is 8.42 Å². The lowest BCUT2D eigenvalue weighted by atomic mass is 9.87. The third kappa shape index (κ3) is 5.43. The van der Waals surface area contributed by atoms with Crippen LogP contribution in [0, 0.1) is 0 Å². The lowest BCUT2D eigenvalue weighted by Crippen LogP contribution is -2.38. The van der Waals surface area contributed by atoms with Gasteiger partial charge >= 0.3 is 0 Å². The smallest absolute Gasteiger partial charge is 0.238 e. The van der Waals surface area contributed by atoms with Gasteiger partial charge in [0.2, 0.25) is 5.91 Å². The monoisotopic (exact) mass is 373 g/mol. The van der Waals surface area contributed by atoms with Gasteiger partial charge in [-0.1, -0.05) is 75.4 Å². The Labute approximate surface area is 156 Å². The summed E-state index contributed by atoms with van der Waals surface area (Å²) in [6.07, 6.45) is 0. The zero-order chi connectivity index (χ0) is 19.4. The molecule has 0 aliphatic rings. The minimum Gasteiger partial charge on any atom is -0.351 e. The zero-order valence-corrected chi connectivity index (χ0v) is 16.6. The summed E-state index contributed by atoms with van der Waals surface area (Å²) >= 11 is 0. The van der Waals surface area contributed by atoms with E-state index in [-0.39, 0.29) is 11.2 Å². The molecular weight excluding hydrogens is 346 g/mol. The Hall–Kier alpha value is -2.14. The molecule has 2 rings (SSSR count). The summed E-state index contributed by atoms with van der Waals surface area (Å²) in [6, 6.07) is 17.0. The average Bonchev–Trinajstić information content (AvgIpc) is 2.59. The van der Waals surface area contributed by atoms with Crippen LogP contribution in [0.25, 0.3) is 0 Å². The molecule has 0 unspecified atom stereocenters. The van der Waals surface area contributed by atoms with Crippen molar-refractivity contribution < 1.29 is 13.2 Å². The summed E-state index contributed by atoms with van der Waals surface area (Å²) in [5.74, 6) is -0.614. The van der Waals surface area contributed by atoms with Gasteiger partial charge in [0.1, 0.15) is 5.25 Å². The lowest BCUT2D eigenvalue weighted by Gasteiger charge is -2.19. The quantitative estimate of drug-likeness (QED) is 0.841. The molecule has 0 radical (unpaired) electrons. The van der Waals surface area contributed by atoms with Crippen molar-refractivity contribution in [1.29, 1.82) is 0 Å². The molecule has 0 saturated carbocycles. The third-order valence-electron chi connectivity index (χ3n) is 4.41. The van der Waals surface area contributed by atoms with Crippen molar-refractivity contribution in [2.45, 2.75) is 50.7 Å². The van der Waals surface area contributed by atoms with Gasteiger partial charge in [-0.15, -0.1) is 0 Å². The predicted molar refractivity (Wildman–Crippen MR) is 106 cm³/mol. The van der Waals surface area contributed by atoms with Crippen LogP contribution < -0.4 is 5.32 Å².